The fourth-order valence-electron chi connectivity index (χ4n) is 7.10. The van der Waals surface area contributed by atoms with Crippen LogP contribution in [0, 0.1) is 5.92 Å². The third-order valence-electron chi connectivity index (χ3n) is 8.72. The zero-order chi connectivity index (χ0) is 25.2. The Bertz CT molecular complexity index is 1400. The second-order valence-corrected chi connectivity index (χ2v) is 10.3. The number of fused-ring (bicyclic) bond motifs is 1. The molecule has 2 aliphatic carbocycles. The molecule has 36 heavy (non-hydrogen) atoms. The van der Waals surface area contributed by atoms with Gasteiger partial charge in [0.25, 0.3) is 0 Å². The number of likely N-dealkylation sites (tertiary alicyclic amines) is 1. The van der Waals surface area contributed by atoms with E-state index in [-0.39, 0.29) is 28.6 Å². The van der Waals surface area contributed by atoms with Crippen molar-refractivity contribution in [1.29, 1.82) is 0 Å². The standard InChI is InChI=1S/C18H21NO3.C11H8O3/c1-19-8-7-18-11-4-5-13(20)17(18)22-16-14(21-2)6-3-10(15(16)18)9-12(11)19;12-10-8-4-2-1-3-7(8)5-6-9(10)11(13)14/h3,6,11-12,17H,4-5,7-9H2,1-2H3;1-6,12H,(H,13,14)/t11-,12+,17-,18?;/m0./s1. The maximum atomic E-state index is 12.6. The van der Waals surface area contributed by atoms with Gasteiger partial charge in [0.1, 0.15) is 11.3 Å². The number of rotatable bonds is 2. The van der Waals surface area contributed by atoms with Crippen molar-refractivity contribution in [2.24, 2.45) is 5.92 Å². The van der Waals surface area contributed by atoms with Crippen LogP contribution in [-0.2, 0) is 16.6 Å². The van der Waals surface area contributed by atoms with Gasteiger partial charge in [0.2, 0.25) is 0 Å². The number of hydrogen-bond donors (Lipinski definition) is 2. The van der Waals surface area contributed by atoms with Crippen LogP contribution in [0.25, 0.3) is 10.8 Å². The zero-order valence-corrected chi connectivity index (χ0v) is 20.4. The van der Waals surface area contributed by atoms with E-state index in [1.807, 2.05) is 18.2 Å². The number of phenols is 1. The van der Waals surface area contributed by atoms with Crippen molar-refractivity contribution < 1.29 is 29.3 Å². The lowest BCUT2D eigenvalue weighted by Crippen LogP contribution is -2.65. The first-order valence-corrected chi connectivity index (χ1v) is 12.4. The van der Waals surface area contributed by atoms with Gasteiger partial charge in [-0.15, -0.1) is 0 Å². The number of carboxylic acids is 1. The van der Waals surface area contributed by atoms with Gasteiger partial charge in [-0.2, -0.15) is 0 Å². The number of nitrogens with zero attached hydrogens (tertiary/aromatic N) is 1. The first-order chi connectivity index (χ1) is 17.4. The number of ketones is 1. The average molecular weight is 488 g/mol. The molecule has 1 saturated carbocycles. The molecule has 2 N–H and O–H groups in total. The normalized spacial score (nSPS) is 27.5. The van der Waals surface area contributed by atoms with Crippen molar-refractivity contribution >= 4 is 22.5 Å². The lowest BCUT2D eigenvalue weighted by Gasteiger charge is -2.57. The molecule has 4 atom stereocenters. The summed E-state index contributed by atoms with van der Waals surface area (Å²) < 4.78 is 11.8. The summed E-state index contributed by atoms with van der Waals surface area (Å²) in [6, 6.07) is 14.9. The molecule has 0 amide bonds. The molecule has 2 fully saturated rings. The molecule has 7 heteroatoms. The first-order valence-electron chi connectivity index (χ1n) is 12.4. The van der Waals surface area contributed by atoms with Crippen LogP contribution in [0.2, 0.25) is 0 Å². The molecule has 2 aliphatic heterocycles. The highest BCUT2D eigenvalue weighted by Gasteiger charge is 2.65. The Morgan fingerprint density at radius 2 is 1.97 bits per heavy atom. The van der Waals surface area contributed by atoms with Crippen LogP contribution < -0.4 is 9.47 Å². The Labute approximate surface area is 209 Å². The number of carboxylic acid groups (broad SMARTS) is 1. The smallest absolute Gasteiger partial charge is 0.339 e. The van der Waals surface area contributed by atoms with E-state index >= 15 is 0 Å². The number of benzene rings is 3. The number of Topliss-reactive ketones (excluding diaryl/α,β-unsaturated/α-hetero) is 1. The fraction of sp³-hybridized carbons (Fsp3) is 0.379. The van der Waals surface area contributed by atoms with Crippen LogP contribution in [0.1, 0.15) is 40.7 Å². The summed E-state index contributed by atoms with van der Waals surface area (Å²) in [5.74, 6) is 1.17. The van der Waals surface area contributed by atoms with Crippen molar-refractivity contribution in [2.75, 3.05) is 20.7 Å². The number of carbonyl (C=O) groups is 2. The molecule has 2 bridgehead atoms. The van der Waals surface area contributed by atoms with Crippen LogP contribution >= 0.6 is 0 Å². The average Bonchev–Trinajstić information content (AvgIpc) is 3.23. The van der Waals surface area contributed by atoms with E-state index < -0.39 is 5.97 Å². The molecule has 186 valence electrons. The molecule has 3 aromatic rings. The van der Waals surface area contributed by atoms with E-state index in [0.717, 1.165) is 42.7 Å². The molecule has 1 spiro atoms. The largest absolute Gasteiger partial charge is 0.506 e. The van der Waals surface area contributed by atoms with E-state index in [4.69, 9.17) is 14.6 Å². The molecule has 1 saturated heterocycles. The van der Waals surface area contributed by atoms with Gasteiger partial charge in [0.05, 0.1) is 7.11 Å². The fourth-order valence-corrected chi connectivity index (χ4v) is 7.10. The van der Waals surface area contributed by atoms with Crippen LogP contribution in [-0.4, -0.2) is 59.7 Å². The summed E-state index contributed by atoms with van der Waals surface area (Å²) in [7, 11) is 3.91. The van der Waals surface area contributed by atoms with E-state index in [2.05, 4.69) is 18.0 Å². The minimum absolute atomic E-state index is 0.0660. The summed E-state index contributed by atoms with van der Waals surface area (Å²) >= 11 is 0. The SMILES string of the molecule is COc1ccc2c3c1O[C@H]1C(=O)CC[C@H]4[C@@H](C2)N(C)CCC314.O=C(O)c1ccc2ccccc2c1O. The van der Waals surface area contributed by atoms with Gasteiger partial charge in [0, 0.05) is 28.8 Å². The number of carbonyl (C=O) groups excluding carboxylic acids is 1. The Balaban J connectivity index is 0.000000149. The molecule has 0 radical (unpaired) electrons. The van der Waals surface area contributed by atoms with Crippen LogP contribution in [0.4, 0.5) is 0 Å². The highest BCUT2D eigenvalue weighted by Crippen LogP contribution is 2.63. The molecule has 2 heterocycles. The van der Waals surface area contributed by atoms with E-state index in [1.165, 1.54) is 17.2 Å². The number of aromatic hydroxyl groups is 1. The number of ether oxygens (including phenoxy) is 2. The molecular weight excluding hydrogens is 458 g/mol. The Hall–Kier alpha value is -3.58. The summed E-state index contributed by atoms with van der Waals surface area (Å²) in [6.45, 7) is 1.05. The van der Waals surface area contributed by atoms with Gasteiger partial charge < -0.3 is 24.6 Å². The van der Waals surface area contributed by atoms with Crippen LogP contribution in [0.3, 0.4) is 0 Å². The highest BCUT2D eigenvalue weighted by molar-refractivity contribution is 6.00. The summed E-state index contributed by atoms with van der Waals surface area (Å²) in [6.07, 6.45) is 3.47. The quantitative estimate of drug-likeness (QED) is 0.560. The van der Waals surface area contributed by atoms with Crippen molar-refractivity contribution in [3.8, 4) is 17.2 Å². The topological polar surface area (TPSA) is 96.3 Å². The molecule has 1 unspecified atom stereocenters. The Kier molecular flexibility index (Phi) is 5.23. The van der Waals surface area contributed by atoms with Gasteiger partial charge in [-0.05, 0) is 61.9 Å². The van der Waals surface area contributed by atoms with E-state index in [1.54, 1.807) is 25.3 Å². The Morgan fingerprint density at radius 3 is 2.75 bits per heavy atom. The van der Waals surface area contributed by atoms with Gasteiger partial charge >= 0.3 is 5.97 Å². The molecule has 3 aromatic carbocycles. The van der Waals surface area contributed by atoms with Crippen molar-refractivity contribution in [2.45, 2.75) is 43.2 Å². The van der Waals surface area contributed by atoms with Crippen molar-refractivity contribution in [1.82, 2.24) is 4.90 Å². The minimum Gasteiger partial charge on any atom is -0.506 e. The third kappa shape index (κ3) is 3.08. The predicted molar refractivity (Wildman–Crippen MR) is 134 cm³/mol. The number of methoxy groups -OCH3 is 1. The predicted octanol–water partition coefficient (Wildman–Crippen LogP) is 4.18. The van der Waals surface area contributed by atoms with Gasteiger partial charge in [-0.1, -0.05) is 36.4 Å². The highest BCUT2D eigenvalue weighted by atomic mass is 16.5. The van der Waals surface area contributed by atoms with Crippen molar-refractivity contribution in [3.05, 3.63) is 65.2 Å². The van der Waals surface area contributed by atoms with Crippen molar-refractivity contribution in [3.63, 3.8) is 0 Å². The summed E-state index contributed by atoms with van der Waals surface area (Å²) in [5, 5.41) is 19.8. The summed E-state index contributed by atoms with van der Waals surface area (Å²) in [4.78, 5) is 25.8. The monoisotopic (exact) mass is 487 g/mol. The Morgan fingerprint density at radius 1 is 1.17 bits per heavy atom. The third-order valence-corrected chi connectivity index (χ3v) is 8.72. The second kappa shape index (κ2) is 8.23. The van der Waals surface area contributed by atoms with Gasteiger partial charge in [-0.25, -0.2) is 4.79 Å². The molecule has 4 aliphatic rings. The maximum Gasteiger partial charge on any atom is 0.339 e. The molecular formula is C29H29NO6. The number of likely N-dealkylation sites (N-methyl/N-ethyl adjacent to an activating group) is 1. The number of piperidine rings is 1. The minimum atomic E-state index is -1.12. The molecule has 7 rings (SSSR count). The lowest BCUT2D eigenvalue weighted by molar-refractivity contribution is -0.138. The van der Waals surface area contributed by atoms with Crippen LogP contribution in [0.5, 0.6) is 17.2 Å². The zero-order valence-electron chi connectivity index (χ0n) is 20.4. The lowest BCUT2D eigenvalue weighted by atomic mass is 9.52. The molecule has 7 nitrogen and oxygen atoms in total. The maximum absolute atomic E-state index is 12.6. The summed E-state index contributed by atoms with van der Waals surface area (Å²) in [5.41, 5.74) is 2.51. The molecule has 0 aromatic heterocycles. The first kappa shape index (κ1) is 22.9. The number of hydrogen-bond acceptors (Lipinski definition) is 6. The second-order valence-electron chi connectivity index (χ2n) is 10.3. The van der Waals surface area contributed by atoms with Gasteiger partial charge in [0.15, 0.2) is 23.4 Å². The van der Waals surface area contributed by atoms with Crippen LogP contribution in [0.15, 0.2) is 48.5 Å². The number of aromatic carboxylic acids is 1. The van der Waals surface area contributed by atoms with E-state index in [0.29, 0.717) is 23.8 Å². The van der Waals surface area contributed by atoms with Gasteiger partial charge in [-0.3, -0.25) is 4.79 Å². The van der Waals surface area contributed by atoms with E-state index in [9.17, 15) is 14.7 Å².